The third-order valence-electron chi connectivity index (χ3n) is 7.35. The van der Waals surface area contributed by atoms with Gasteiger partial charge in [0.1, 0.15) is 0 Å². The lowest BCUT2D eigenvalue weighted by Gasteiger charge is -2.30. The largest absolute Gasteiger partial charge is 0.353 e. The van der Waals surface area contributed by atoms with E-state index in [0.29, 0.717) is 27.6 Å². The highest BCUT2D eigenvalue weighted by Crippen LogP contribution is 2.41. The summed E-state index contributed by atoms with van der Waals surface area (Å²) < 4.78 is 0. The molecule has 6 nitrogen and oxygen atoms in total. The minimum absolute atomic E-state index is 0.116. The van der Waals surface area contributed by atoms with E-state index in [4.69, 9.17) is 0 Å². The number of para-hydroxylation sites is 1. The van der Waals surface area contributed by atoms with Gasteiger partial charge in [-0.2, -0.15) is 16.6 Å². The molecule has 0 radical (unpaired) electrons. The third kappa shape index (κ3) is 8.00. The summed E-state index contributed by atoms with van der Waals surface area (Å²) in [6.45, 7) is 3.47. The van der Waals surface area contributed by atoms with Crippen LogP contribution in [0.1, 0.15) is 76.2 Å². The Morgan fingerprint density at radius 1 is 1.03 bits per heavy atom. The van der Waals surface area contributed by atoms with Crippen LogP contribution in [0.15, 0.2) is 69.0 Å². The average molecular weight is 563 g/mol. The van der Waals surface area contributed by atoms with Gasteiger partial charge in [-0.15, -0.1) is 0 Å². The number of nitrogens with zero attached hydrogens (tertiary/aromatic N) is 2. The van der Waals surface area contributed by atoms with Gasteiger partial charge >= 0.3 is 0 Å². The van der Waals surface area contributed by atoms with Gasteiger partial charge in [0, 0.05) is 30.0 Å². The Balaban J connectivity index is 1.51. The molecule has 2 amide bonds. The number of allylic oxidation sites excluding steroid dienone is 2. The molecule has 1 fully saturated rings. The Kier molecular flexibility index (Phi) is 11.1. The molecule has 1 atom stereocenters. The fraction of sp³-hybridized carbons (Fsp3) is 0.452. The SMILES string of the molecule is CC1=C(C(=O)Nc2ccccc2)C(c2ccsc2)C(C#N)=C(SCC(=O)N2CCCCCCCCCCC2)N1. The second-order valence-corrected chi connectivity index (χ2v) is 11.9. The molecule has 3 heterocycles. The first-order chi connectivity index (χ1) is 19.1. The number of carbonyl (C=O) groups is 2. The Labute approximate surface area is 240 Å². The first kappa shape index (κ1) is 29.0. The topological polar surface area (TPSA) is 85.2 Å². The van der Waals surface area contributed by atoms with Crippen molar-refractivity contribution in [2.75, 3.05) is 24.2 Å². The second kappa shape index (κ2) is 14.9. The van der Waals surface area contributed by atoms with Crippen molar-refractivity contribution in [1.82, 2.24) is 10.2 Å². The zero-order valence-corrected chi connectivity index (χ0v) is 24.3. The number of anilines is 1. The lowest BCUT2D eigenvalue weighted by atomic mass is 9.83. The molecule has 1 saturated heterocycles. The zero-order chi connectivity index (χ0) is 27.5. The summed E-state index contributed by atoms with van der Waals surface area (Å²) in [5.41, 5.74) is 3.30. The summed E-state index contributed by atoms with van der Waals surface area (Å²) in [4.78, 5) is 28.8. The van der Waals surface area contributed by atoms with Gasteiger partial charge in [0.2, 0.25) is 5.91 Å². The van der Waals surface area contributed by atoms with Crippen LogP contribution in [-0.2, 0) is 9.59 Å². The Morgan fingerprint density at radius 3 is 2.26 bits per heavy atom. The molecule has 0 bridgehead atoms. The number of hydrogen-bond donors (Lipinski definition) is 2. The van der Waals surface area contributed by atoms with Crippen molar-refractivity contribution in [3.8, 4) is 6.07 Å². The van der Waals surface area contributed by atoms with Gasteiger partial charge in [-0.1, -0.05) is 74.9 Å². The van der Waals surface area contributed by atoms with Crippen LogP contribution in [0, 0.1) is 11.3 Å². The summed E-state index contributed by atoms with van der Waals surface area (Å²) >= 11 is 2.91. The predicted molar refractivity (Wildman–Crippen MR) is 161 cm³/mol. The monoisotopic (exact) mass is 562 g/mol. The normalized spacial score (nSPS) is 19.4. The Hall–Kier alpha value is -3.02. The number of thiophene rings is 1. The minimum Gasteiger partial charge on any atom is -0.353 e. The van der Waals surface area contributed by atoms with Gasteiger partial charge in [0.05, 0.1) is 28.3 Å². The lowest BCUT2D eigenvalue weighted by molar-refractivity contribution is -0.128. The van der Waals surface area contributed by atoms with E-state index in [9.17, 15) is 14.9 Å². The van der Waals surface area contributed by atoms with Crippen molar-refractivity contribution < 1.29 is 9.59 Å². The van der Waals surface area contributed by atoms with E-state index in [1.165, 1.54) is 68.0 Å². The van der Waals surface area contributed by atoms with Crippen LogP contribution in [-0.4, -0.2) is 35.6 Å². The first-order valence-electron chi connectivity index (χ1n) is 14.0. The number of carbonyl (C=O) groups excluding carboxylic acids is 2. The number of nitrogens with one attached hydrogen (secondary N) is 2. The number of rotatable bonds is 6. The summed E-state index contributed by atoms with van der Waals surface area (Å²) in [7, 11) is 0. The fourth-order valence-corrected chi connectivity index (χ4v) is 6.93. The molecule has 39 heavy (non-hydrogen) atoms. The molecule has 1 aromatic heterocycles. The third-order valence-corrected chi connectivity index (χ3v) is 9.05. The highest BCUT2D eigenvalue weighted by atomic mass is 32.2. The van der Waals surface area contributed by atoms with Crippen molar-refractivity contribution in [3.63, 3.8) is 0 Å². The van der Waals surface area contributed by atoms with Gasteiger partial charge < -0.3 is 15.5 Å². The second-order valence-electron chi connectivity index (χ2n) is 10.2. The Morgan fingerprint density at radius 2 is 1.67 bits per heavy atom. The molecule has 4 rings (SSSR count). The highest BCUT2D eigenvalue weighted by Gasteiger charge is 2.35. The van der Waals surface area contributed by atoms with Crippen LogP contribution >= 0.6 is 23.1 Å². The fourth-order valence-electron chi connectivity index (χ4n) is 5.25. The van der Waals surface area contributed by atoms with Crippen LogP contribution in [0.5, 0.6) is 0 Å². The van der Waals surface area contributed by atoms with Crippen molar-refractivity contribution in [1.29, 1.82) is 5.26 Å². The van der Waals surface area contributed by atoms with Gasteiger partial charge in [0.15, 0.2) is 0 Å². The van der Waals surface area contributed by atoms with Crippen molar-refractivity contribution in [2.24, 2.45) is 0 Å². The van der Waals surface area contributed by atoms with Gasteiger partial charge in [-0.3, -0.25) is 9.59 Å². The van der Waals surface area contributed by atoms with Crippen LogP contribution in [0.25, 0.3) is 0 Å². The molecule has 2 aromatic rings. The number of nitriles is 1. The number of hydrogen-bond acceptors (Lipinski definition) is 6. The van der Waals surface area contributed by atoms with E-state index >= 15 is 0 Å². The summed E-state index contributed by atoms with van der Waals surface area (Å²) in [5, 5.41) is 21.2. The standard InChI is InChI=1S/C31H38N4O2S2/c1-23-28(30(37)34-25-14-10-9-11-15-25)29(24-16-19-38-21-24)26(20-32)31(33-23)39-22-27(36)35-17-12-7-5-3-2-4-6-8-13-18-35/h9-11,14-16,19,21,29,33H,2-8,12-13,17-18,22H2,1H3,(H,34,37). The van der Waals surface area contributed by atoms with Gasteiger partial charge in [0.25, 0.3) is 5.91 Å². The average Bonchev–Trinajstić information content (AvgIpc) is 3.47. The number of benzene rings is 1. The lowest BCUT2D eigenvalue weighted by Crippen LogP contribution is -2.35. The van der Waals surface area contributed by atoms with E-state index in [1.807, 2.05) is 59.0 Å². The number of thioether (sulfide) groups is 1. The van der Waals surface area contributed by atoms with Gasteiger partial charge in [-0.25, -0.2) is 0 Å². The van der Waals surface area contributed by atoms with Crippen LogP contribution in [0.4, 0.5) is 5.69 Å². The van der Waals surface area contributed by atoms with Crippen LogP contribution in [0.3, 0.4) is 0 Å². The maximum absolute atomic E-state index is 13.5. The highest BCUT2D eigenvalue weighted by molar-refractivity contribution is 8.03. The van der Waals surface area contributed by atoms with Crippen molar-refractivity contribution >= 4 is 40.6 Å². The maximum Gasteiger partial charge on any atom is 0.254 e. The Bertz CT molecular complexity index is 1200. The quantitative estimate of drug-likeness (QED) is 0.390. The van der Waals surface area contributed by atoms with Gasteiger partial charge in [-0.05, 0) is 54.3 Å². The maximum atomic E-state index is 13.5. The van der Waals surface area contributed by atoms with E-state index < -0.39 is 5.92 Å². The molecule has 0 saturated carbocycles. The molecule has 1 aromatic carbocycles. The predicted octanol–water partition coefficient (Wildman–Crippen LogP) is 7.17. The zero-order valence-electron chi connectivity index (χ0n) is 22.7. The van der Waals surface area contributed by atoms with Crippen LogP contribution in [0.2, 0.25) is 0 Å². The minimum atomic E-state index is -0.495. The van der Waals surface area contributed by atoms with Crippen molar-refractivity contribution in [2.45, 2.75) is 70.6 Å². The summed E-state index contributed by atoms with van der Waals surface area (Å²) in [6, 6.07) is 13.7. The first-order valence-corrected chi connectivity index (χ1v) is 15.9. The van der Waals surface area contributed by atoms with E-state index in [-0.39, 0.29) is 17.6 Å². The molecule has 206 valence electrons. The molecule has 2 aliphatic heterocycles. The molecule has 2 aliphatic rings. The molecular weight excluding hydrogens is 525 g/mol. The van der Waals surface area contributed by atoms with E-state index in [1.54, 1.807) is 0 Å². The smallest absolute Gasteiger partial charge is 0.254 e. The molecular formula is C31H38N4O2S2. The summed E-state index contributed by atoms with van der Waals surface area (Å²) in [5.74, 6) is -0.354. The van der Waals surface area contributed by atoms with E-state index in [0.717, 1.165) is 31.5 Å². The molecule has 1 unspecified atom stereocenters. The van der Waals surface area contributed by atoms with Crippen LogP contribution < -0.4 is 10.6 Å². The number of dihydropyridines is 1. The molecule has 0 aliphatic carbocycles. The number of amides is 2. The molecule has 0 spiro atoms. The van der Waals surface area contributed by atoms with E-state index in [2.05, 4.69) is 16.7 Å². The summed E-state index contributed by atoms with van der Waals surface area (Å²) in [6.07, 6.45) is 10.8. The molecule has 8 heteroatoms. The van der Waals surface area contributed by atoms with Crippen molar-refractivity contribution in [3.05, 3.63) is 74.6 Å². The molecule has 2 N–H and O–H groups in total.